The molecular formula is C22H20N4O3S2. The lowest BCUT2D eigenvalue weighted by atomic mass is 9.95. The highest BCUT2D eigenvalue weighted by molar-refractivity contribution is 7.90. The van der Waals surface area contributed by atoms with E-state index in [1.807, 2.05) is 40.6 Å². The Morgan fingerprint density at radius 1 is 1.10 bits per heavy atom. The predicted octanol–water partition coefficient (Wildman–Crippen LogP) is 3.61. The number of piperidine rings is 1. The van der Waals surface area contributed by atoms with Gasteiger partial charge in [-0.15, -0.1) is 15.7 Å². The van der Waals surface area contributed by atoms with Gasteiger partial charge in [0, 0.05) is 47.4 Å². The van der Waals surface area contributed by atoms with Crippen molar-refractivity contribution in [3.8, 4) is 10.6 Å². The monoisotopic (exact) mass is 452 g/mol. The zero-order chi connectivity index (χ0) is 21.4. The number of anilines is 1. The van der Waals surface area contributed by atoms with E-state index in [0.29, 0.717) is 37.3 Å². The van der Waals surface area contributed by atoms with E-state index in [-0.39, 0.29) is 16.7 Å². The highest BCUT2D eigenvalue weighted by Crippen LogP contribution is 2.30. The van der Waals surface area contributed by atoms with E-state index in [9.17, 15) is 13.2 Å². The van der Waals surface area contributed by atoms with Gasteiger partial charge in [-0.1, -0.05) is 24.3 Å². The molecule has 1 N–H and O–H groups in total. The Morgan fingerprint density at radius 2 is 1.90 bits per heavy atom. The van der Waals surface area contributed by atoms with Gasteiger partial charge in [0.15, 0.2) is 5.84 Å². The topological polar surface area (TPSA) is 91.7 Å². The Balaban J connectivity index is 1.25. The molecule has 9 heteroatoms. The van der Waals surface area contributed by atoms with E-state index in [4.69, 9.17) is 0 Å². The molecule has 0 atom stereocenters. The molecule has 0 radical (unpaired) electrons. The molecule has 1 amide bonds. The molecule has 0 unspecified atom stereocenters. The van der Waals surface area contributed by atoms with Crippen LogP contribution in [-0.4, -0.2) is 43.1 Å². The first kappa shape index (κ1) is 19.9. The summed E-state index contributed by atoms with van der Waals surface area (Å²) >= 11 is 1.56. The molecule has 3 aromatic rings. The molecule has 1 saturated heterocycles. The standard InChI is InChI=1S/C22H20N4O3S2/c27-21(24-17-5-3-4-16(14-17)22-23-10-13-30-22)15-8-11-26(12-9-15)20-18-6-1-2-7-19(18)31(28,29)25-20/h1-7,10,13-15H,8-9,11-12H2,(H,24,27). The zero-order valence-electron chi connectivity index (χ0n) is 16.6. The van der Waals surface area contributed by atoms with Crippen molar-refractivity contribution in [2.24, 2.45) is 10.3 Å². The average Bonchev–Trinajstić information content (AvgIpc) is 3.41. The van der Waals surface area contributed by atoms with E-state index < -0.39 is 10.0 Å². The first-order chi connectivity index (χ1) is 15.0. The van der Waals surface area contributed by atoms with Crippen LogP contribution in [0.1, 0.15) is 18.4 Å². The number of hydrogen-bond acceptors (Lipinski definition) is 6. The summed E-state index contributed by atoms with van der Waals surface area (Å²) in [6.07, 6.45) is 3.04. The van der Waals surface area contributed by atoms with Gasteiger partial charge >= 0.3 is 0 Å². The maximum Gasteiger partial charge on any atom is 0.285 e. The fraction of sp³-hybridized carbons (Fsp3) is 0.227. The number of nitrogens with one attached hydrogen (secondary N) is 1. The van der Waals surface area contributed by atoms with Crippen molar-refractivity contribution in [2.45, 2.75) is 17.7 Å². The van der Waals surface area contributed by atoms with E-state index in [2.05, 4.69) is 14.7 Å². The smallest absolute Gasteiger partial charge is 0.285 e. The Kier molecular flexibility index (Phi) is 5.07. The number of thiazole rings is 1. The van der Waals surface area contributed by atoms with Crippen molar-refractivity contribution in [3.05, 3.63) is 65.7 Å². The van der Waals surface area contributed by atoms with Crippen LogP contribution in [0.4, 0.5) is 5.69 Å². The minimum absolute atomic E-state index is 0.0164. The van der Waals surface area contributed by atoms with Crippen LogP contribution in [0.2, 0.25) is 0 Å². The van der Waals surface area contributed by atoms with Crippen LogP contribution in [0.15, 0.2) is 69.4 Å². The van der Waals surface area contributed by atoms with E-state index in [0.717, 1.165) is 16.3 Å². The van der Waals surface area contributed by atoms with E-state index in [1.54, 1.807) is 35.7 Å². The van der Waals surface area contributed by atoms with Crippen molar-refractivity contribution in [1.82, 2.24) is 9.88 Å². The highest BCUT2D eigenvalue weighted by Gasteiger charge is 2.34. The summed E-state index contributed by atoms with van der Waals surface area (Å²) in [5.74, 6) is 0.344. The quantitative estimate of drug-likeness (QED) is 0.655. The molecule has 0 aliphatic carbocycles. The third-order valence-corrected chi connectivity index (χ3v) is 7.73. The number of amidine groups is 1. The van der Waals surface area contributed by atoms with Gasteiger partial charge in [-0.2, -0.15) is 8.42 Å². The van der Waals surface area contributed by atoms with Gasteiger partial charge in [-0.25, -0.2) is 4.98 Å². The summed E-state index contributed by atoms with van der Waals surface area (Å²) < 4.78 is 28.6. The summed E-state index contributed by atoms with van der Waals surface area (Å²) in [4.78, 5) is 19.4. The Morgan fingerprint density at radius 3 is 2.68 bits per heavy atom. The Labute approximate surface area is 184 Å². The fourth-order valence-electron chi connectivity index (χ4n) is 4.01. The number of amides is 1. The van der Waals surface area contributed by atoms with Crippen LogP contribution in [0.25, 0.3) is 10.6 Å². The molecule has 0 saturated carbocycles. The van der Waals surface area contributed by atoms with Crippen LogP contribution in [0.3, 0.4) is 0 Å². The Bertz CT molecular complexity index is 1260. The fourth-order valence-corrected chi connectivity index (χ4v) is 5.87. The first-order valence-electron chi connectivity index (χ1n) is 10.0. The van der Waals surface area contributed by atoms with Crippen molar-refractivity contribution in [2.75, 3.05) is 18.4 Å². The average molecular weight is 453 g/mol. The SMILES string of the molecule is O=C(Nc1cccc(-c2nccs2)c1)C1CCN(C2=NS(=O)(=O)c3ccccc32)CC1. The van der Waals surface area contributed by atoms with Gasteiger partial charge in [0.05, 0.1) is 0 Å². The van der Waals surface area contributed by atoms with Gasteiger partial charge in [0.25, 0.3) is 10.0 Å². The summed E-state index contributed by atoms with van der Waals surface area (Å²) in [6.45, 7) is 1.17. The molecule has 2 aliphatic heterocycles. The molecule has 7 nitrogen and oxygen atoms in total. The molecule has 1 fully saturated rings. The second-order valence-corrected chi connectivity index (χ2v) is 10.0. The number of carbonyl (C=O) groups is 1. The van der Waals surface area contributed by atoms with Crippen molar-refractivity contribution < 1.29 is 13.2 Å². The largest absolute Gasteiger partial charge is 0.355 e. The van der Waals surface area contributed by atoms with Crippen LogP contribution >= 0.6 is 11.3 Å². The third-order valence-electron chi connectivity index (χ3n) is 5.59. The van der Waals surface area contributed by atoms with Crippen molar-refractivity contribution in [1.29, 1.82) is 0 Å². The number of likely N-dealkylation sites (tertiary alicyclic amines) is 1. The second kappa shape index (κ2) is 7.90. The number of benzene rings is 2. The maximum atomic E-state index is 12.8. The summed E-state index contributed by atoms with van der Waals surface area (Å²) in [7, 11) is -3.63. The minimum atomic E-state index is -3.63. The third kappa shape index (κ3) is 3.86. The van der Waals surface area contributed by atoms with Crippen molar-refractivity contribution >= 4 is 38.8 Å². The van der Waals surface area contributed by atoms with Crippen LogP contribution in [0, 0.1) is 5.92 Å². The van der Waals surface area contributed by atoms with Crippen LogP contribution in [0.5, 0.6) is 0 Å². The molecular weight excluding hydrogens is 432 g/mol. The number of fused-ring (bicyclic) bond motifs is 1. The number of carbonyl (C=O) groups excluding carboxylic acids is 1. The van der Waals surface area contributed by atoms with Gasteiger partial charge < -0.3 is 10.2 Å². The van der Waals surface area contributed by atoms with E-state index in [1.165, 1.54) is 0 Å². The normalized spacial score (nSPS) is 17.8. The van der Waals surface area contributed by atoms with Gasteiger partial charge in [0.2, 0.25) is 5.91 Å². The van der Waals surface area contributed by atoms with Gasteiger partial charge in [0.1, 0.15) is 9.90 Å². The van der Waals surface area contributed by atoms with Crippen LogP contribution in [-0.2, 0) is 14.8 Å². The van der Waals surface area contributed by atoms with Crippen molar-refractivity contribution in [3.63, 3.8) is 0 Å². The molecule has 31 heavy (non-hydrogen) atoms. The predicted molar refractivity (Wildman–Crippen MR) is 121 cm³/mol. The van der Waals surface area contributed by atoms with Gasteiger partial charge in [-0.3, -0.25) is 4.79 Å². The zero-order valence-corrected chi connectivity index (χ0v) is 18.2. The molecule has 1 aromatic heterocycles. The number of nitrogens with zero attached hydrogens (tertiary/aromatic N) is 3. The molecule has 158 valence electrons. The summed E-state index contributed by atoms with van der Waals surface area (Å²) in [6, 6.07) is 14.6. The van der Waals surface area contributed by atoms with E-state index >= 15 is 0 Å². The summed E-state index contributed by atoms with van der Waals surface area (Å²) in [5, 5.41) is 5.86. The molecule has 5 rings (SSSR count). The number of aromatic nitrogens is 1. The molecule has 2 aliphatic rings. The molecule has 0 spiro atoms. The van der Waals surface area contributed by atoms with Crippen LogP contribution < -0.4 is 5.32 Å². The lowest BCUT2D eigenvalue weighted by Gasteiger charge is -2.32. The lowest BCUT2D eigenvalue weighted by Crippen LogP contribution is -2.41. The molecule has 3 heterocycles. The number of sulfonamides is 1. The molecule has 0 bridgehead atoms. The first-order valence-corrected chi connectivity index (χ1v) is 12.3. The van der Waals surface area contributed by atoms with Gasteiger partial charge in [-0.05, 0) is 37.1 Å². The lowest BCUT2D eigenvalue weighted by molar-refractivity contribution is -0.120. The Hall–Kier alpha value is -3.04. The second-order valence-electron chi connectivity index (χ2n) is 7.55. The summed E-state index contributed by atoms with van der Waals surface area (Å²) in [5.41, 5.74) is 2.37. The number of hydrogen-bond donors (Lipinski definition) is 1. The minimum Gasteiger partial charge on any atom is -0.355 e. The highest BCUT2D eigenvalue weighted by atomic mass is 32.2. The molecule has 2 aromatic carbocycles. The number of rotatable bonds is 3. The maximum absolute atomic E-state index is 12.8.